The minimum atomic E-state index is -1.01. The van der Waals surface area contributed by atoms with Crippen molar-refractivity contribution in [3.63, 3.8) is 0 Å². The van der Waals surface area contributed by atoms with Crippen LogP contribution in [0.1, 0.15) is 12.5 Å². The predicted molar refractivity (Wildman–Crippen MR) is 92.3 cm³/mol. The normalized spacial score (nSPS) is 11.5. The summed E-state index contributed by atoms with van der Waals surface area (Å²) in [6.07, 6.45) is -1.13. The molecule has 0 heterocycles. The molecular weight excluding hydrogens is 349 g/mol. The second-order valence-corrected chi connectivity index (χ2v) is 5.68. The summed E-state index contributed by atoms with van der Waals surface area (Å²) in [6, 6.07) is 10.4. The molecule has 1 atom stereocenters. The van der Waals surface area contributed by atoms with Gasteiger partial charge in [-0.05, 0) is 42.8 Å². The third-order valence-electron chi connectivity index (χ3n) is 3.33. The number of carbonyl (C=O) groups is 2. The van der Waals surface area contributed by atoms with Crippen LogP contribution in [-0.4, -0.2) is 25.1 Å². The second-order valence-electron chi connectivity index (χ2n) is 5.28. The van der Waals surface area contributed by atoms with Crippen LogP contribution in [0.25, 0.3) is 0 Å². The highest BCUT2D eigenvalue weighted by Crippen LogP contribution is 2.27. The quantitative estimate of drug-likeness (QED) is 0.794. The summed E-state index contributed by atoms with van der Waals surface area (Å²) < 4.78 is 23.2. The molecule has 0 aliphatic rings. The highest BCUT2D eigenvalue weighted by Gasteiger charge is 2.18. The third kappa shape index (κ3) is 5.46. The molecule has 0 aliphatic carbocycles. The molecule has 132 valence electrons. The Balaban J connectivity index is 1.91. The van der Waals surface area contributed by atoms with Crippen molar-refractivity contribution in [1.29, 1.82) is 0 Å². The van der Waals surface area contributed by atoms with E-state index in [0.29, 0.717) is 22.0 Å². The highest BCUT2D eigenvalue weighted by molar-refractivity contribution is 6.32. The molecule has 0 bridgehead atoms. The zero-order chi connectivity index (χ0) is 18.4. The van der Waals surface area contributed by atoms with Crippen molar-refractivity contribution in [3.8, 4) is 5.75 Å². The summed E-state index contributed by atoms with van der Waals surface area (Å²) in [5.74, 6) is -1.09. The molecule has 0 saturated carbocycles. The van der Waals surface area contributed by atoms with Crippen LogP contribution < -0.4 is 10.1 Å². The Morgan fingerprint density at radius 2 is 2.00 bits per heavy atom. The van der Waals surface area contributed by atoms with E-state index in [1.165, 1.54) is 38.3 Å². The van der Waals surface area contributed by atoms with E-state index >= 15 is 0 Å². The summed E-state index contributed by atoms with van der Waals surface area (Å²) >= 11 is 5.99. The van der Waals surface area contributed by atoms with E-state index in [9.17, 15) is 14.0 Å². The van der Waals surface area contributed by atoms with Gasteiger partial charge in [0.2, 0.25) is 0 Å². The maximum absolute atomic E-state index is 13.1. The van der Waals surface area contributed by atoms with Crippen molar-refractivity contribution in [2.75, 3.05) is 12.4 Å². The van der Waals surface area contributed by atoms with Gasteiger partial charge < -0.3 is 14.8 Å². The molecule has 1 amide bonds. The summed E-state index contributed by atoms with van der Waals surface area (Å²) in [4.78, 5) is 24.0. The van der Waals surface area contributed by atoms with Crippen molar-refractivity contribution < 1.29 is 23.5 Å². The average molecular weight is 366 g/mol. The molecule has 0 unspecified atom stereocenters. The second kappa shape index (κ2) is 8.48. The van der Waals surface area contributed by atoms with Gasteiger partial charge in [0.15, 0.2) is 6.10 Å². The van der Waals surface area contributed by atoms with Crippen LogP contribution in [0.5, 0.6) is 5.75 Å². The lowest BCUT2D eigenvalue weighted by Crippen LogP contribution is -2.30. The Kier molecular flexibility index (Phi) is 6.36. The fourth-order valence-corrected chi connectivity index (χ4v) is 2.35. The molecule has 2 aromatic carbocycles. The zero-order valence-electron chi connectivity index (χ0n) is 13.7. The first-order valence-electron chi connectivity index (χ1n) is 7.47. The SMILES string of the molecule is COc1ccc(NC(=O)[C@@H](C)OC(=O)Cc2cccc(F)c2)cc1Cl. The van der Waals surface area contributed by atoms with Gasteiger partial charge in [0.25, 0.3) is 5.91 Å². The lowest BCUT2D eigenvalue weighted by atomic mass is 10.1. The average Bonchev–Trinajstić information content (AvgIpc) is 2.54. The van der Waals surface area contributed by atoms with E-state index in [1.807, 2.05) is 0 Å². The lowest BCUT2D eigenvalue weighted by Gasteiger charge is -2.14. The van der Waals surface area contributed by atoms with Crippen molar-refractivity contribution in [2.45, 2.75) is 19.4 Å². The molecule has 0 saturated heterocycles. The maximum Gasteiger partial charge on any atom is 0.311 e. The van der Waals surface area contributed by atoms with Crippen molar-refractivity contribution in [2.24, 2.45) is 0 Å². The standard InChI is InChI=1S/C18H17ClFNO4/c1-11(25-17(22)9-12-4-3-5-13(20)8-12)18(23)21-14-6-7-16(24-2)15(19)10-14/h3-8,10-11H,9H2,1-2H3,(H,21,23)/t11-/m1/s1. The van der Waals surface area contributed by atoms with Gasteiger partial charge in [-0.2, -0.15) is 0 Å². The van der Waals surface area contributed by atoms with E-state index in [4.69, 9.17) is 21.1 Å². The number of benzene rings is 2. The van der Waals surface area contributed by atoms with Gasteiger partial charge in [0.1, 0.15) is 11.6 Å². The number of halogens is 2. The molecule has 2 aromatic rings. The number of rotatable bonds is 6. The van der Waals surface area contributed by atoms with Crippen LogP contribution >= 0.6 is 11.6 Å². The first kappa shape index (κ1) is 18.7. The number of methoxy groups -OCH3 is 1. The number of esters is 1. The number of nitrogens with one attached hydrogen (secondary N) is 1. The fraction of sp³-hybridized carbons (Fsp3) is 0.222. The van der Waals surface area contributed by atoms with E-state index in [0.717, 1.165) is 0 Å². The first-order chi connectivity index (χ1) is 11.9. The predicted octanol–water partition coefficient (Wildman–Crippen LogP) is 3.60. The molecule has 1 N–H and O–H groups in total. The van der Waals surface area contributed by atoms with Gasteiger partial charge >= 0.3 is 5.97 Å². The smallest absolute Gasteiger partial charge is 0.311 e. The number of amides is 1. The third-order valence-corrected chi connectivity index (χ3v) is 3.63. The van der Waals surface area contributed by atoms with Gasteiger partial charge in [-0.1, -0.05) is 23.7 Å². The Labute approximate surface area is 149 Å². The van der Waals surface area contributed by atoms with Crippen LogP contribution in [0.4, 0.5) is 10.1 Å². The number of ether oxygens (including phenoxy) is 2. The van der Waals surface area contributed by atoms with Crippen LogP contribution in [-0.2, 0) is 20.7 Å². The van der Waals surface area contributed by atoms with Crippen LogP contribution in [0.2, 0.25) is 5.02 Å². The Morgan fingerprint density at radius 1 is 1.24 bits per heavy atom. The zero-order valence-corrected chi connectivity index (χ0v) is 14.5. The maximum atomic E-state index is 13.1. The van der Waals surface area contributed by atoms with Crippen LogP contribution in [0.3, 0.4) is 0 Å². The summed E-state index contributed by atoms with van der Waals surface area (Å²) in [5.41, 5.74) is 0.920. The van der Waals surface area contributed by atoms with E-state index < -0.39 is 23.8 Å². The number of anilines is 1. The van der Waals surface area contributed by atoms with Crippen LogP contribution in [0.15, 0.2) is 42.5 Å². The molecule has 5 nitrogen and oxygen atoms in total. The minimum Gasteiger partial charge on any atom is -0.495 e. The van der Waals surface area contributed by atoms with Crippen molar-refractivity contribution in [3.05, 3.63) is 58.9 Å². The Bertz CT molecular complexity index is 781. The summed E-state index contributed by atoms with van der Waals surface area (Å²) in [7, 11) is 1.49. The molecule has 2 rings (SSSR count). The first-order valence-corrected chi connectivity index (χ1v) is 7.85. The van der Waals surface area contributed by atoms with Gasteiger partial charge in [0, 0.05) is 5.69 Å². The summed E-state index contributed by atoms with van der Waals surface area (Å²) in [6.45, 7) is 1.45. The lowest BCUT2D eigenvalue weighted by molar-refractivity contribution is -0.152. The van der Waals surface area contributed by atoms with Gasteiger partial charge in [-0.25, -0.2) is 4.39 Å². The topological polar surface area (TPSA) is 64.6 Å². The Morgan fingerprint density at radius 3 is 2.64 bits per heavy atom. The largest absolute Gasteiger partial charge is 0.495 e. The number of hydrogen-bond donors (Lipinski definition) is 1. The van der Waals surface area contributed by atoms with E-state index in [2.05, 4.69) is 5.32 Å². The molecule has 0 spiro atoms. The molecule has 0 fully saturated rings. The van der Waals surface area contributed by atoms with Gasteiger partial charge in [-0.15, -0.1) is 0 Å². The van der Waals surface area contributed by atoms with Gasteiger partial charge in [-0.3, -0.25) is 9.59 Å². The molecule has 0 radical (unpaired) electrons. The molecule has 0 aliphatic heterocycles. The number of carbonyl (C=O) groups excluding carboxylic acids is 2. The monoisotopic (exact) mass is 365 g/mol. The summed E-state index contributed by atoms with van der Waals surface area (Å²) in [5, 5.41) is 2.94. The fourth-order valence-electron chi connectivity index (χ4n) is 2.09. The highest BCUT2D eigenvalue weighted by atomic mass is 35.5. The van der Waals surface area contributed by atoms with E-state index in [1.54, 1.807) is 18.2 Å². The minimum absolute atomic E-state index is 0.121. The van der Waals surface area contributed by atoms with Gasteiger partial charge in [0.05, 0.1) is 18.6 Å². The Hall–Kier alpha value is -2.60. The molecule has 7 heteroatoms. The molecule has 0 aromatic heterocycles. The number of hydrogen-bond acceptors (Lipinski definition) is 4. The van der Waals surface area contributed by atoms with Crippen molar-refractivity contribution >= 4 is 29.2 Å². The molecule has 25 heavy (non-hydrogen) atoms. The molecular formula is C18H17ClFNO4. The van der Waals surface area contributed by atoms with Crippen LogP contribution in [0, 0.1) is 5.82 Å². The van der Waals surface area contributed by atoms with Crippen molar-refractivity contribution in [1.82, 2.24) is 0 Å². The van der Waals surface area contributed by atoms with E-state index in [-0.39, 0.29) is 6.42 Å².